The number of nitrogens with zero attached hydrogens (tertiary/aromatic N) is 2. The van der Waals surface area contributed by atoms with Crippen LogP contribution in [-0.2, 0) is 24.3 Å². The second-order valence-corrected chi connectivity index (χ2v) is 7.83. The lowest BCUT2D eigenvalue weighted by Crippen LogP contribution is -3.04. The van der Waals surface area contributed by atoms with Crippen LogP contribution in [0.1, 0.15) is 34.5 Å². The number of aryl methyl sites for hydroxylation is 1. The van der Waals surface area contributed by atoms with E-state index in [9.17, 15) is 4.79 Å². The molecule has 0 radical (unpaired) electrons. The van der Waals surface area contributed by atoms with E-state index in [1.165, 1.54) is 16.0 Å². The van der Waals surface area contributed by atoms with Crippen molar-refractivity contribution in [2.45, 2.75) is 39.8 Å². The Kier molecular flexibility index (Phi) is 6.83. The molecule has 2 aromatic carbocycles. The van der Waals surface area contributed by atoms with E-state index in [-0.39, 0.29) is 5.91 Å². The van der Waals surface area contributed by atoms with Crippen molar-refractivity contribution in [2.75, 3.05) is 14.1 Å². The van der Waals surface area contributed by atoms with Crippen LogP contribution in [0.3, 0.4) is 0 Å². The number of carbonyl (C=O) groups excluding carboxylic acids is 1. The van der Waals surface area contributed by atoms with E-state index < -0.39 is 0 Å². The normalized spacial score (nSPS) is 11.1. The lowest BCUT2D eigenvalue weighted by Gasteiger charge is -2.13. The van der Waals surface area contributed by atoms with Gasteiger partial charge in [-0.25, -0.2) is 4.68 Å². The smallest absolute Gasteiger partial charge is 0.220 e. The summed E-state index contributed by atoms with van der Waals surface area (Å²) in [6.45, 7) is 5.60. The summed E-state index contributed by atoms with van der Waals surface area (Å²) in [5.74, 6) is 0.0725. The van der Waals surface area contributed by atoms with Crippen molar-refractivity contribution in [3.63, 3.8) is 0 Å². The molecule has 29 heavy (non-hydrogen) atoms. The Morgan fingerprint density at radius 3 is 2.34 bits per heavy atom. The van der Waals surface area contributed by atoms with E-state index in [2.05, 4.69) is 49.6 Å². The van der Waals surface area contributed by atoms with Gasteiger partial charge >= 0.3 is 0 Å². The van der Waals surface area contributed by atoms with E-state index in [4.69, 9.17) is 0 Å². The fourth-order valence-electron chi connectivity index (χ4n) is 3.66. The Balaban J connectivity index is 1.60. The average molecular weight is 392 g/mol. The minimum atomic E-state index is 0.0725. The molecule has 0 aliphatic carbocycles. The molecule has 2 N–H and O–H groups in total. The molecule has 0 spiro atoms. The van der Waals surface area contributed by atoms with E-state index >= 15 is 0 Å². The zero-order valence-electron chi connectivity index (χ0n) is 17.8. The van der Waals surface area contributed by atoms with Crippen LogP contribution in [0, 0.1) is 13.8 Å². The highest BCUT2D eigenvalue weighted by atomic mass is 16.1. The quantitative estimate of drug-likeness (QED) is 0.619. The lowest BCUT2D eigenvalue weighted by atomic mass is 10.1. The first kappa shape index (κ1) is 20.8. The number of benzene rings is 2. The number of carbonyl (C=O) groups is 1. The molecule has 5 heteroatoms. The van der Waals surface area contributed by atoms with Crippen molar-refractivity contribution >= 4 is 5.91 Å². The molecule has 5 nitrogen and oxygen atoms in total. The van der Waals surface area contributed by atoms with Crippen LogP contribution in [0.2, 0.25) is 0 Å². The summed E-state index contributed by atoms with van der Waals surface area (Å²) in [6, 6.07) is 18.4. The molecule has 0 atom stereocenters. The highest BCUT2D eigenvalue weighted by Gasteiger charge is 2.14. The lowest BCUT2D eigenvalue weighted by molar-refractivity contribution is -0.872. The van der Waals surface area contributed by atoms with Crippen LogP contribution < -0.4 is 10.2 Å². The molecular formula is C24H31N4O+. The van der Waals surface area contributed by atoms with Crippen molar-refractivity contribution in [1.82, 2.24) is 15.1 Å². The highest BCUT2D eigenvalue weighted by Crippen LogP contribution is 2.19. The molecule has 0 saturated carbocycles. The number of amides is 1. The zero-order valence-corrected chi connectivity index (χ0v) is 17.8. The van der Waals surface area contributed by atoms with Gasteiger partial charge in [0.15, 0.2) is 0 Å². The van der Waals surface area contributed by atoms with E-state index in [1.54, 1.807) is 0 Å². The maximum atomic E-state index is 12.5. The van der Waals surface area contributed by atoms with Gasteiger partial charge in [-0.05, 0) is 43.5 Å². The summed E-state index contributed by atoms with van der Waals surface area (Å²) in [4.78, 5) is 13.8. The minimum Gasteiger partial charge on any atom is -0.352 e. The van der Waals surface area contributed by atoms with Gasteiger partial charge in [-0.15, -0.1) is 0 Å². The van der Waals surface area contributed by atoms with Crippen LogP contribution >= 0.6 is 0 Å². The molecular weight excluding hydrogens is 360 g/mol. The Morgan fingerprint density at radius 1 is 1.00 bits per heavy atom. The molecule has 0 aliphatic heterocycles. The molecule has 3 aromatic rings. The van der Waals surface area contributed by atoms with Crippen LogP contribution in [0.25, 0.3) is 5.69 Å². The molecule has 0 fully saturated rings. The van der Waals surface area contributed by atoms with Crippen LogP contribution in [0.15, 0.2) is 54.6 Å². The second kappa shape index (κ2) is 9.52. The summed E-state index contributed by atoms with van der Waals surface area (Å²) in [5.41, 5.74) is 6.75. The number of aromatic nitrogens is 2. The SMILES string of the molecule is Cc1nn(-c2ccccc2)c(C)c1CCC(=O)NCc1ccccc1C[NH+](C)C. The fourth-order valence-corrected chi connectivity index (χ4v) is 3.66. The van der Waals surface area contributed by atoms with Gasteiger partial charge in [-0.2, -0.15) is 5.10 Å². The number of quaternary nitrogens is 1. The first-order chi connectivity index (χ1) is 14.0. The summed E-state index contributed by atoms with van der Waals surface area (Å²) in [5, 5.41) is 7.76. The third-order valence-corrected chi connectivity index (χ3v) is 5.18. The first-order valence-electron chi connectivity index (χ1n) is 10.2. The number of rotatable bonds is 8. The number of hydrogen-bond acceptors (Lipinski definition) is 2. The number of nitrogens with one attached hydrogen (secondary N) is 2. The Morgan fingerprint density at radius 2 is 1.66 bits per heavy atom. The third kappa shape index (κ3) is 5.33. The van der Waals surface area contributed by atoms with Gasteiger partial charge in [-0.1, -0.05) is 42.5 Å². The summed E-state index contributed by atoms with van der Waals surface area (Å²) >= 11 is 0. The molecule has 0 bridgehead atoms. The number of hydrogen-bond donors (Lipinski definition) is 2. The summed E-state index contributed by atoms with van der Waals surface area (Å²) < 4.78 is 1.96. The molecule has 1 heterocycles. The van der Waals surface area contributed by atoms with Crippen molar-refractivity contribution in [1.29, 1.82) is 0 Å². The standard InChI is InChI=1S/C24H30N4O/c1-18-23(19(2)28(26-18)22-12-6-5-7-13-22)14-15-24(29)25-16-20-10-8-9-11-21(20)17-27(3)4/h5-13H,14-17H2,1-4H3,(H,25,29)/p+1. The predicted molar refractivity (Wildman–Crippen MR) is 116 cm³/mol. The Labute approximate surface area is 173 Å². The maximum absolute atomic E-state index is 12.5. The highest BCUT2D eigenvalue weighted by molar-refractivity contribution is 5.76. The summed E-state index contributed by atoms with van der Waals surface area (Å²) in [7, 11) is 4.27. The average Bonchev–Trinajstić information content (AvgIpc) is 2.99. The van der Waals surface area contributed by atoms with Crippen molar-refractivity contribution < 1.29 is 9.69 Å². The van der Waals surface area contributed by atoms with E-state index in [0.29, 0.717) is 19.4 Å². The maximum Gasteiger partial charge on any atom is 0.220 e. The zero-order chi connectivity index (χ0) is 20.8. The van der Waals surface area contributed by atoms with Gasteiger partial charge in [0.05, 0.1) is 25.5 Å². The molecule has 0 aliphatic rings. The summed E-state index contributed by atoms with van der Waals surface area (Å²) in [6.07, 6.45) is 1.16. The van der Waals surface area contributed by atoms with Crippen molar-refractivity contribution in [2.24, 2.45) is 0 Å². The van der Waals surface area contributed by atoms with Crippen LogP contribution in [0.5, 0.6) is 0 Å². The monoisotopic (exact) mass is 391 g/mol. The number of para-hydroxylation sites is 1. The Hall–Kier alpha value is -2.92. The molecule has 1 amide bonds. The van der Waals surface area contributed by atoms with E-state index in [0.717, 1.165) is 29.2 Å². The van der Waals surface area contributed by atoms with Crippen LogP contribution in [0.4, 0.5) is 0 Å². The molecule has 1 aromatic heterocycles. The predicted octanol–water partition coefficient (Wildman–Crippen LogP) is 2.38. The molecule has 152 valence electrons. The molecule has 0 unspecified atom stereocenters. The topological polar surface area (TPSA) is 51.4 Å². The molecule has 0 saturated heterocycles. The van der Waals surface area contributed by atoms with E-state index in [1.807, 2.05) is 48.0 Å². The first-order valence-corrected chi connectivity index (χ1v) is 10.2. The third-order valence-electron chi connectivity index (χ3n) is 5.18. The second-order valence-electron chi connectivity index (χ2n) is 7.83. The van der Waals surface area contributed by atoms with Gasteiger partial charge in [0.1, 0.15) is 6.54 Å². The van der Waals surface area contributed by atoms with Crippen molar-refractivity contribution in [3.8, 4) is 5.69 Å². The minimum absolute atomic E-state index is 0.0725. The van der Waals surface area contributed by atoms with Gasteiger partial charge in [0.2, 0.25) is 5.91 Å². The largest absolute Gasteiger partial charge is 0.352 e. The van der Waals surface area contributed by atoms with Gasteiger partial charge in [-0.3, -0.25) is 4.79 Å². The fraction of sp³-hybridized carbons (Fsp3) is 0.333. The van der Waals surface area contributed by atoms with Gasteiger partial charge in [0, 0.05) is 24.2 Å². The van der Waals surface area contributed by atoms with Gasteiger partial charge < -0.3 is 10.2 Å². The molecule has 3 rings (SSSR count). The van der Waals surface area contributed by atoms with Crippen molar-refractivity contribution in [3.05, 3.63) is 82.7 Å². The van der Waals surface area contributed by atoms with Gasteiger partial charge in [0.25, 0.3) is 0 Å². The Bertz CT molecular complexity index is 960. The van der Waals surface area contributed by atoms with Crippen LogP contribution in [-0.4, -0.2) is 29.8 Å².